The number of hydrogen-bond donors (Lipinski definition) is 1. The van der Waals surface area contributed by atoms with E-state index in [9.17, 15) is 9.90 Å². The minimum absolute atomic E-state index is 0.0756. The fraction of sp³-hybridized carbons (Fsp3) is 0.130. The number of halogens is 1. The van der Waals surface area contributed by atoms with Crippen molar-refractivity contribution in [2.75, 3.05) is 7.11 Å². The molecule has 0 fully saturated rings. The molecule has 1 aliphatic rings. The van der Waals surface area contributed by atoms with Crippen LogP contribution in [0.4, 0.5) is 0 Å². The number of hydrazone groups is 1. The molecule has 0 saturated heterocycles. The molecule has 1 aliphatic heterocycles. The monoisotopic (exact) mass is 450 g/mol. The lowest BCUT2D eigenvalue weighted by Gasteiger charge is -2.22. The summed E-state index contributed by atoms with van der Waals surface area (Å²) in [7, 11) is 1.55. The maximum atomic E-state index is 13.2. The molecular formula is C23H19BrN2O3. The Balaban J connectivity index is 1.74. The summed E-state index contributed by atoms with van der Waals surface area (Å²) >= 11 is 3.45. The second-order valence-electron chi connectivity index (χ2n) is 6.72. The Hall–Kier alpha value is -3.12. The molecule has 0 radical (unpaired) electrons. The van der Waals surface area contributed by atoms with Crippen LogP contribution in [0.1, 0.15) is 33.9 Å². The molecule has 29 heavy (non-hydrogen) atoms. The van der Waals surface area contributed by atoms with Gasteiger partial charge in [-0.2, -0.15) is 5.10 Å². The Morgan fingerprint density at radius 2 is 1.83 bits per heavy atom. The van der Waals surface area contributed by atoms with Crippen LogP contribution in [0, 0.1) is 0 Å². The smallest absolute Gasteiger partial charge is 0.274 e. The van der Waals surface area contributed by atoms with E-state index in [1.54, 1.807) is 37.4 Å². The van der Waals surface area contributed by atoms with Gasteiger partial charge < -0.3 is 9.84 Å². The summed E-state index contributed by atoms with van der Waals surface area (Å²) < 4.78 is 6.13. The standard InChI is InChI=1S/C23H19BrN2O3/c1-29-18-11-12-19(22(27)13-18)20-14-21(15-7-9-17(24)10-8-15)26(25-20)23(28)16-5-3-2-4-6-16/h2-13,21,27H,14H2,1H3/t21-/m0/s1. The van der Waals surface area contributed by atoms with Gasteiger partial charge in [-0.15, -0.1) is 0 Å². The zero-order chi connectivity index (χ0) is 20.4. The molecule has 1 atom stereocenters. The number of methoxy groups -OCH3 is 1. The highest BCUT2D eigenvalue weighted by atomic mass is 79.9. The van der Waals surface area contributed by atoms with Gasteiger partial charge in [0, 0.05) is 28.1 Å². The van der Waals surface area contributed by atoms with E-state index in [-0.39, 0.29) is 17.7 Å². The number of phenols is 1. The predicted molar refractivity (Wildman–Crippen MR) is 115 cm³/mol. The molecule has 3 aromatic rings. The van der Waals surface area contributed by atoms with E-state index in [4.69, 9.17) is 4.74 Å². The third kappa shape index (κ3) is 3.89. The summed E-state index contributed by atoms with van der Waals surface area (Å²) in [5.41, 5.74) is 2.79. The molecule has 0 saturated carbocycles. The number of ether oxygens (including phenoxy) is 1. The normalized spacial score (nSPS) is 15.9. The molecule has 146 valence electrons. The Bertz CT molecular complexity index is 1070. The van der Waals surface area contributed by atoms with Gasteiger partial charge in [-0.05, 0) is 42.0 Å². The Morgan fingerprint density at radius 1 is 1.10 bits per heavy atom. The highest BCUT2D eigenvalue weighted by Gasteiger charge is 2.34. The Morgan fingerprint density at radius 3 is 2.48 bits per heavy atom. The van der Waals surface area contributed by atoms with Crippen LogP contribution >= 0.6 is 15.9 Å². The number of hydrogen-bond acceptors (Lipinski definition) is 4. The molecule has 5 nitrogen and oxygen atoms in total. The lowest BCUT2D eigenvalue weighted by molar-refractivity contribution is 0.0711. The summed E-state index contributed by atoms with van der Waals surface area (Å²) in [4.78, 5) is 13.2. The molecule has 4 rings (SSSR count). The maximum absolute atomic E-state index is 13.2. The number of nitrogens with zero attached hydrogens (tertiary/aromatic N) is 2. The third-order valence-electron chi connectivity index (χ3n) is 4.91. The van der Waals surface area contributed by atoms with E-state index < -0.39 is 0 Å². The largest absolute Gasteiger partial charge is 0.507 e. The number of benzene rings is 3. The van der Waals surface area contributed by atoms with E-state index in [2.05, 4.69) is 21.0 Å². The lowest BCUT2D eigenvalue weighted by Crippen LogP contribution is -2.27. The average Bonchev–Trinajstić information content (AvgIpc) is 3.19. The van der Waals surface area contributed by atoms with Crippen LogP contribution in [0.15, 0.2) is 82.4 Å². The van der Waals surface area contributed by atoms with Crippen molar-refractivity contribution in [3.05, 3.63) is 94.0 Å². The first-order valence-electron chi connectivity index (χ1n) is 9.16. The number of carbonyl (C=O) groups is 1. The quantitative estimate of drug-likeness (QED) is 0.597. The molecule has 1 N–H and O–H groups in total. The van der Waals surface area contributed by atoms with Gasteiger partial charge >= 0.3 is 0 Å². The van der Waals surface area contributed by atoms with Gasteiger partial charge in [-0.3, -0.25) is 4.79 Å². The molecular weight excluding hydrogens is 432 g/mol. The zero-order valence-corrected chi connectivity index (χ0v) is 17.3. The van der Waals surface area contributed by atoms with Crippen molar-refractivity contribution < 1.29 is 14.6 Å². The van der Waals surface area contributed by atoms with Gasteiger partial charge in [0.05, 0.1) is 18.9 Å². The first kappa shape index (κ1) is 19.2. The fourth-order valence-corrected chi connectivity index (χ4v) is 3.66. The second-order valence-corrected chi connectivity index (χ2v) is 7.63. The van der Waals surface area contributed by atoms with Crippen molar-refractivity contribution >= 4 is 27.5 Å². The average molecular weight is 451 g/mol. The fourth-order valence-electron chi connectivity index (χ4n) is 3.40. The summed E-state index contributed by atoms with van der Waals surface area (Å²) in [6.45, 7) is 0. The van der Waals surface area contributed by atoms with Gasteiger partial charge in [-0.1, -0.05) is 46.3 Å². The predicted octanol–water partition coefficient (Wildman–Crippen LogP) is 5.15. The van der Waals surface area contributed by atoms with E-state index in [0.717, 1.165) is 10.0 Å². The molecule has 1 heterocycles. The minimum atomic E-state index is -0.257. The van der Waals surface area contributed by atoms with Crippen molar-refractivity contribution in [2.24, 2.45) is 5.10 Å². The Kier molecular flexibility index (Phi) is 5.36. The van der Waals surface area contributed by atoms with E-state index >= 15 is 0 Å². The van der Waals surface area contributed by atoms with Crippen molar-refractivity contribution in [2.45, 2.75) is 12.5 Å². The van der Waals surface area contributed by atoms with Crippen LogP contribution in [-0.2, 0) is 0 Å². The van der Waals surface area contributed by atoms with Crippen LogP contribution < -0.4 is 4.74 Å². The van der Waals surface area contributed by atoms with E-state index in [1.165, 1.54) is 5.01 Å². The van der Waals surface area contributed by atoms with Crippen LogP contribution in [0.2, 0.25) is 0 Å². The number of phenolic OH excluding ortho intramolecular Hbond substituents is 1. The van der Waals surface area contributed by atoms with Crippen molar-refractivity contribution in [3.63, 3.8) is 0 Å². The van der Waals surface area contributed by atoms with Crippen LogP contribution in [0.3, 0.4) is 0 Å². The van der Waals surface area contributed by atoms with Gasteiger partial charge in [-0.25, -0.2) is 5.01 Å². The third-order valence-corrected chi connectivity index (χ3v) is 5.44. The first-order valence-corrected chi connectivity index (χ1v) is 9.95. The maximum Gasteiger partial charge on any atom is 0.274 e. The second kappa shape index (κ2) is 8.09. The number of carbonyl (C=O) groups excluding carboxylic acids is 1. The molecule has 3 aromatic carbocycles. The van der Waals surface area contributed by atoms with Gasteiger partial charge in [0.25, 0.3) is 5.91 Å². The SMILES string of the molecule is COc1ccc(C2=NN(C(=O)c3ccccc3)[C@H](c3ccc(Br)cc3)C2)c(O)c1. The summed E-state index contributed by atoms with van der Waals surface area (Å²) in [6.07, 6.45) is 0.500. The summed E-state index contributed by atoms with van der Waals surface area (Å²) in [6, 6.07) is 21.8. The topological polar surface area (TPSA) is 62.1 Å². The summed E-state index contributed by atoms with van der Waals surface area (Å²) in [5, 5.41) is 16.6. The highest BCUT2D eigenvalue weighted by molar-refractivity contribution is 9.10. The van der Waals surface area contributed by atoms with E-state index in [0.29, 0.717) is 29.0 Å². The molecule has 0 bridgehead atoms. The molecule has 0 spiro atoms. The number of amides is 1. The van der Waals surface area contributed by atoms with Gasteiger partial charge in [0.2, 0.25) is 0 Å². The van der Waals surface area contributed by atoms with Crippen LogP contribution in [-0.4, -0.2) is 28.8 Å². The molecule has 0 aliphatic carbocycles. The van der Waals surface area contributed by atoms with Gasteiger partial charge in [0.1, 0.15) is 11.5 Å². The Labute approximate surface area is 177 Å². The first-order chi connectivity index (χ1) is 14.1. The van der Waals surface area contributed by atoms with Crippen LogP contribution in [0.5, 0.6) is 11.5 Å². The van der Waals surface area contributed by atoms with Crippen LogP contribution in [0.25, 0.3) is 0 Å². The summed E-state index contributed by atoms with van der Waals surface area (Å²) in [5.74, 6) is 0.458. The molecule has 0 unspecified atom stereocenters. The number of aromatic hydroxyl groups is 1. The minimum Gasteiger partial charge on any atom is -0.507 e. The van der Waals surface area contributed by atoms with Gasteiger partial charge in [0.15, 0.2) is 0 Å². The lowest BCUT2D eigenvalue weighted by atomic mass is 9.97. The molecule has 1 amide bonds. The van der Waals surface area contributed by atoms with E-state index in [1.807, 2.05) is 42.5 Å². The van der Waals surface area contributed by atoms with Crippen molar-refractivity contribution in [3.8, 4) is 11.5 Å². The number of rotatable bonds is 4. The molecule has 0 aromatic heterocycles. The zero-order valence-electron chi connectivity index (χ0n) is 15.7. The molecule has 6 heteroatoms. The van der Waals surface area contributed by atoms with Crippen molar-refractivity contribution in [1.29, 1.82) is 0 Å². The van der Waals surface area contributed by atoms with Crippen molar-refractivity contribution in [1.82, 2.24) is 5.01 Å². The highest BCUT2D eigenvalue weighted by Crippen LogP contribution is 2.37.